The minimum atomic E-state index is -4.96. The minimum Gasteiger partial charge on any atom is -0.462 e. The summed E-state index contributed by atoms with van der Waals surface area (Å²) in [6, 6.07) is 0. The topological polar surface area (TPSA) is 237 Å². The predicted molar refractivity (Wildman–Crippen MR) is 409 cm³/mol. The summed E-state index contributed by atoms with van der Waals surface area (Å²) in [6.07, 6.45) is 62.5. The van der Waals surface area contributed by atoms with Crippen molar-refractivity contribution in [2.24, 2.45) is 11.8 Å². The molecule has 0 amide bonds. The van der Waals surface area contributed by atoms with Gasteiger partial charge in [0.25, 0.3) is 0 Å². The van der Waals surface area contributed by atoms with Crippen LogP contribution in [0.25, 0.3) is 0 Å². The van der Waals surface area contributed by atoms with Crippen molar-refractivity contribution in [3.05, 3.63) is 0 Å². The number of aliphatic hydroxyl groups excluding tert-OH is 1. The number of phosphoric ester groups is 2. The smallest absolute Gasteiger partial charge is 0.462 e. The minimum absolute atomic E-state index is 0.108. The van der Waals surface area contributed by atoms with Gasteiger partial charge in [0.05, 0.1) is 26.4 Å². The first-order chi connectivity index (χ1) is 48.4. The van der Waals surface area contributed by atoms with Crippen LogP contribution in [-0.2, 0) is 65.4 Å². The van der Waals surface area contributed by atoms with Crippen LogP contribution in [0.15, 0.2) is 0 Å². The van der Waals surface area contributed by atoms with Crippen LogP contribution in [0.3, 0.4) is 0 Å². The Morgan fingerprint density at radius 3 is 0.680 bits per heavy atom. The summed E-state index contributed by atoms with van der Waals surface area (Å²) in [5, 5.41) is 10.6. The van der Waals surface area contributed by atoms with Gasteiger partial charge in [-0.05, 0) is 37.5 Å². The molecule has 100 heavy (non-hydrogen) atoms. The van der Waals surface area contributed by atoms with Gasteiger partial charge in [0.15, 0.2) is 12.2 Å². The Kier molecular flexibility index (Phi) is 71.2. The van der Waals surface area contributed by atoms with Gasteiger partial charge in [-0.3, -0.25) is 37.3 Å². The van der Waals surface area contributed by atoms with Crippen LogP contribution in [0.1, 0.15) is 427 Å². The van der Waals surface area contributed by atoms with Crippen LogP contribution >= 0.6 is 15.6 Å². The standard InChI is InChI=1S/C81H158O17P2/c1-7-9-11-13-15-17-18-34-41-47-53-59-65-80(85)97-76(69-91-78(83)63-57-51-45-37-16-14-12-10-8-2)71-95-99(87,88)93-67-75(82)68-94-100(89,90)96-72-77(70-92-79(84)64-58-52-46-40-35-30-27-23-25-29-33-39-44-50-56-62-74(5)6)98-81(86)66-60-54-48-42-36-31-26-22-20-19-21-24-28-32-38-43-49-55-61-73(3)4/h73-77,82H,7-72H2,1-6H3,(H,87,88)(H,89,90)/t75-,76+,77+/m0/s1. The maximum Gasteiger partial charge on any atom is 0.472 e. The maximum absolute atomic E-state index is 13.1. The summed E-state index contributed by atoms with van der Waals surface area (Å²) in [5.74, 6) is -0.482. The van der Waals surface area contributed by atoms with E-state index in [1.165, 1.54) is 244 Å². The van der Waals surface area contributed by atoms with Gasteiger partial charge in [0.1, 0.15) is 19.3 Å². The lowest BCUT2D eigenvalue weighted by atomic mass is 10.0. The number of rotatable bonds is 80. The van der Waals surface area contributed by atoms with Crippen LogP contribution < -0.4 is 0 Å². The van der Waals surface area contributed by atoms with E-state index < -0.39 is 97.5 Å². The number of hydrogen-bond acceptors (Lipinski definition) is 15. The second-order valence-corrected chi connectivity index (χ2v) is 33.0. The zero-order valence-corrected chi connectivity index (χ0v) is 67.3. The molecule has 0 aromatic heterocycles. The van der Waals surface area contributed by atoms with Gasteiger partial charge < -0.3 is 33.8 Å². The summed E-state index contributed by atoms with van der Waals surface area (Å²) in [4.78, 5) is 72.9. The van der Waals surface area contributed by atoms with E-state index in [0.717, 1.165) is 102 Å². The van der Waals surface area contributed by atoms with E-state index in [4.69, 9.17) is 37.0 Å². The molecular weight excluding hydrogens is 1310 g/mol. The molecule has 0 saturated heterocycles. The normalized spacial score (nSPS) is 13.9. The van der Waals surface area contributed by atoms with E-state index >= 15 is 0 Å². The predicted octanol–water partition coefficient (Wildman–Crippen LogP) is 24.3. The van der Waals surface area contributed by atoms with E-state index in [-0.39, 0.29) is 25.7 Å². The molecule has 0 aliphatic heterocycles. The summed E-state index contributed by atoms with van der Waals surface area (Å²) in [5.41, 5.74) is 0. The average Bonchev–Trinajstić information content (AvgIpc) is 0.967. The molecule has 0 saturated carbocycles. The van der Waals surface area contributed by atoms with Gasteiger partial charge in [-0.15, -0.1) is 0 Å². The molecule has 17 nitrogen and oxygen atoms in total. The van der Waals surface area contributed by atoms with Crippen LogP contribution in [0.5, 0.6) is 0 Å². The molecule has 2 unspecified atom stereocenters. The highest BCUT2D eigenvalue weighted by atomic mass is 31.2. The number of aliphatic hydroxyl groups is 1. The molecule has 0 radical (unpaired) electrons. The quantitative estimate of drug-likeness (QED) is 0.0222. The fourth-order valence-corrected chi connectivity index (χ4v) is 14.1. The lowest BCUT2D eigenvalue weighted by Crippen LogP contribution is -2.30. The Bertz CT molecular complexity index is 1920. The van der Waals surface area contributed by atoms with Gasteiger partial charge in [-0.1, -0.05) is 375 Å². The van der Waals surface area contributed by atoms with Crippen LogP contribution in [0.4, 0.5) is 0 Å². The number of phosphoric acid groups is 2. The second-order valence-electron chi connectivity index (χ2n) is 30.1. The first kappa shape index (κ1) is 98.1. The zero-order valence-electron chi connectivity index (χ0n) is 65.5. The van der Waals surface area contributed by atoms with Gasteiger partial charge in [-0.2, -0.15) is 0 Å². The van der Waals surface area contributed by atoms with Gasteiger partial charge in [0, 0.05) is 25.7 Å². The van der Waals surface area contributed by atoms with E-state index in [1.54, 1.807) is 0 Å². The number of ether oxygens (including phenoxy) is 4. The van der Waals surface area contributed by atoms with Gasteiger partial charge >= 0.3 is 39.5 Å². The highest BCUT2D eigenvalue weighted by molar-refractivity contribution is 7.47. The van der Waals surface area contributed by atoms with Crippen molar-refractivity contribution >= 4 is 39.5 Å². The molecule has 0 bridgehead atoms. The summed E-state index contributed by atoms with van der Waals surface area (Å²) in [7, 11) is -9.91. The van der Waals surface area contributed by atoms with Crippen LogP contribution in [0.2, 0.25) is 0 Å². The van der Waals surface area contributed by atoms with Gasteiger partial charge in [-0.25, -0.2) is 9.13 Å². The van der Waals surface area contributed by atoms with E-state index in [2.05, 4.69) is 41.5 Å². The molecule has 0 aromatic rings. The fraction of sp³-hybridized carbons (Fsp3) is 0.951. The molecule has 3 N–H and O–H groups in total. The first-order valence-corrected chi connectivity index (χ1v) is 45.0. The number of unbranched alkanes of at least 4 members (excludes halogenated alkanes) is 50. The molecule has 0 aromatic carbocycles. The molecule has 594 valence electrons. The number of carbonyl (C=O) groups excluding carboxylic acids is 4. The SMILES string of the molecule is CCCCCCCCCCCCCCC(=O)O[C@H](COC(=O)CCCCCCCCCCC)COP(=O)(O)OC[C@H](O)COP(=O)(O)OC[C@@H](COC(=O)CCCCCCCCCCCCCCCCCC(C)C)OC(=O)CCCCCCCCCCCCCCCCCCCCC(C)C. The Labute approximate surface area is 613 Å². The van der Waals surface area contributed by atoms with Crippen molar-refractivity contribution in [1.82, 2.24) is 0 Å². The summed E-state index contributed by atoms with van der Waals surface area (Å²) >= 11 is 0. The van der Waals surface area contributed by atoms with Crippen LogP contribution in [-0.4, -0.2) is 96.7 Å². The zero-order chi connectivity index (χ0) is 73.5. The highest BCUT2D eigenvalue weighted by Gasteiger charge is 2.30. The molecule has 0 fully saturated rings. The summed E-state index contributed by atoms with van der Waals surface area (Å²) < 4.78 is 68.6. The van der Waals surface area contributed by atoms with Crippen molar-refractivity contribution < 1.29 is 80.2 Å². The average molecular weight is 1470 g/mol. The molecule has 0 aliphatic carbocycles. The third-order valence-corrected chi connectivity index (χ3v) is 20.9. The number of hydrogen-bond donors (Lipinski definition) is 3. The van der Waals surface area contributed by atoms with Crippen molar-refractivity contribution in [2.45, 2.75) is 445 Å². The molecule has 5 atom stereocenters. The Hall–Kier alpha value is -1.94. The van der Waals surface area contributed by atoms with Crippen molar-refractivity contribution in [3.8, 4) is 0 Å². The van der Waals surface area contributed by atoms with Gasteiger partial charge in [0.2, 0.25) is 0 Å². The molecular formula is C81H158O17P2. The third kappa shape index (κ3) is 74.3. The molecule has 0 aliphatic rings. The lowest BCUT2D eigenvalue weighted by molar-refractivity contribution is -0.161. The monoisotopic (exact) mass is 1470 g/mol. The maximum atomic E-state index is 13.1. The molecule has 0 spiro atoms. The Morgan fingerprint density at radius 1 is 0.270 bits per heavy atom. The Morgan fingerprint density at radius 2 is 0.460 bits per heavy atom. The van der Waals surface area contributed by atoms with Crippen LogP contribution in [0, 0.1) is 11.8 Å². The molecule has 0 heterocycles. The van der Waals surface area contributed by atoms with Crippen molar-refractivity contribution in [1.29, 1.82) is 0 Å². The first-order valence-electron chi connectivity index (χ1n) is 42.0. The largest absolute Gasteiger partial charge is 0.472 e. The van der Waals surface area contributed by atoms with Crippen molar-refractivity contribution in [2.75, 3.05) is 39.6 Å². The third-order valence-electron chi connectivity index (χ3n) is 19.0. The van der Waals surface area contributed by atoms with Crippen molar-refractivity contribution in [3.63, 3.8) is 0 Å². The molecule has 0 rings (SSSR count). The Balaban J connectivity index is 5.20. The number of carbonyl (C=O) groups is 4. The van der Waals surface area contributed by atoms with E-state index in [9.17, 15) is 43.2 Å². The second kappa shape index (κ2) is 72.6. The summed E-state index contributed by atoms with van der Waals surface area (Å²) in [6.45, 7) is 9.68. The molecule has 19 heteroatoms. The number of esters is 4. The lowest BCUT2D eigenvalue weighted by Gasteiger charge is -2.21. The van der Waals surface area contributed by atoms with E-state index in [0.29, 0.717) is 25.7 Å². The fourth-order valence-electron chi connectivity index (χ4n) is 12.5. The highest BCUT2D eigenvalue weighted by Crippen LogP contribution is 2.45. The van der Waals surface area contributed by atoms with E-state index in [1.807, 2.05) is 0 Å².